The first-order valence-corrected chi connectivity index (χ1v) is 14.1. The minimum Gasteiger partial charge on any atom is -0.382 e. The van der Waals surface area contributed by atoms with Gasteiger partial charge in [-0.1, -0.05) is 24.9 Å². The highest BCUT2D eigenvalue weighted by molar-refractivity contribution is 7.99. The van der Waals surface area contributed by atoms with Crippen molar-refractivity contribution in [1.29, 1.82) is 0 Å². The topological polar surface area (TPSA) is 139 Å². The zero-order chi connectivity index (χ0) is 25.5. The van der Waals surface area contributed by atoms with E-state index in [0.29, 0.717) is 28.1 Å². The summed E-state index contributed by atoms with van der Waals surface area (Å²) in [7, 11) is 0. The van der Waals surface area contributed by atoms with Crippen LogP contribution in [0, 0.1) is 0 Å². The molecule has 37 heavy (non-hydrogen) atoms. The number of aromatic amines is 1. The van der Waals surface area contributed by atoms with Crippen molar-refractivity contribution in [3.8, 4) is 0 Å². The second-order valence-corrected chi connectivity index (χ2v) is 11.2. The molecule has 12 heteroatoms. The maximum absolute atomic E-state index is 6.74. The number of nitrogens with two attached hydrogens (primary N) is 2. The molecule has 10 nitrogen and oxygen atoms in total. The van der Waals surface area contributed by atoms with Gasteiger partial charge in [0.1, 0.15) is 22.8 Å². The van der Waals surface area contributed by atoms with E-state index in [-0.39, 0.29) is 6.04 Å². The third kappa shape index (κ3) is 4.93. The fraction of sp³-hybridized carbons (Fsp3) is 0.480. The molecule has 0 amide bonds. The molecule has 0 saturated carbocycles. The van der Waals surface area contributed by atoms with Crippen molar-refractivity contribution >= 4 is 57.1 Å². The Hall–Kier alpha value is -2.73. The molecule has 2 aliphatic rings. The van der Waals surface area contributed by atoms with Gasteiger partial charge < -0.3 is 21.4 Å². The first-order chi connectivity index (χ1) is 18.0. The molecule has 0 unspecified atom stereocenters. The normalized spacial score (nSPS) is 18.9. The van der Waals surface area contributed by atoms with Crippen LogP contribution in [0.15, 0.2) is 22.3 Å². The van der Waals surface area contributed by atoms with Gasteiger partial charge in [0.05, 0.1) is 22.5 Å². The summed E-state index contributed by atoms with van der Waals surface area (Å²) in [6.07, 6.45) is 7.20. The van der Waals surface area contributed by atoms with Crippen LogP contribution in [-0.2, 0) is 13.0 Å². The summed E-state index contributed by atoms with van der Waals surface area (Å²) in [6.45, 7) is 6.50. The molecule has 0 aliphatic carbocycles. The van der Waals surface area contributed by atoms with Gasteiger partial charge in [-0.25, -0.2) is 24.9 Å². The van der Waals surface area contributed by atoms with E-state index in [1.165, 1.54) is 31.0 Å². The van der Waals surface area contributed by atoms with Gasteiger partial charge in [0, 0.05) is 35.9 Å². The molecule has 6 heterocycles. The van der Waals surface area contributed by atoms with Gasteiger partial charge >= 0.3 is 0 Å². The van der Waals surface area contributed by atoms with Gasteiger partial charge in [0.15, 0.2) is 11.0 Å². The number of rotatable bonds is 6. The summed E-state index contributed by atoms with van der Waals surface area (Å²) in [5.41, 5.74) is 15.5. The van der Waals surface area contributed by atoms with Gasteiger partial charge in [0.25, 0.3) is 0 Å². The Kier molecular flexibility index (Phi) is 6.78. The first-order valence-electron chi connectivity index (χ1n) is 12.9. The third-order valence-electron chi connectivity index (χ3n) is 7.11. The Bertz CT molecular complexity index is 1450. The Labute approximate surface area is 224 Å². The minimum absolute atomic E-state index is 0.124. The Morgan fingerprint density at radius 2 is 1.97 bits per heavy atom. The van der Waals surface area contributed by atoms with E-state index < -0.39 is 0 Å². The van der Waals surface area contributed by atoms with E-state index >= 15 is 0 Å². The number of nitrogens with zero attached hydrogens (tertiary/aromatic N) is 7. The maximum atomic E-state index is 6.74. The molecular weight excluding hydrogens is 508 g/mol. The number of hydrogen-bond donors (Lipinski definition) is 3. The Morgan fingerprint density at radius 1 is 1.14 bits per heavy atom. The van der Waals surface area contributed by atoms with Gasteiger partial charge in [0.2, 0.25) is 0 Å². The number of H-pyrrole nitrogens is 1. The van der Waals surface area contributed by atoms with Crippen molar-refractivity contribution < 1.29 is 0 Å². The summed E-state index contributed by atoms with van der Waals surface area (Å²) in [6, 6.07) is 2.11. The predicted molar refractivity (Wildman–Crippen MR) is 148 cm³/mol. The number of pyridine rings is 1. The SMILES string of the molecule is CCc1[nH]c2nc(Sc3cnc4c(N)nc(CN5CCCCC5)nc4c3)nc(N3CC[C@H](N)C3)c2c1Cl. The summed E-state index contributed by atoms with van der Waals surface area (Å²) < 4.78 is 0. The van der Waals surface area contributed by atoms with Crippen LogP contribution in [0.2, 0.25) is 5.02 Å². The highest BCUT2D eigenvalue weighted by Gasteiger charge is 2.26. The number of anilines is 2. The lowest BCUT2D eigenvalue weighted by molar-refractivity contribution is 0.216. The average Bonchev–Trinajstić information content (AvgIpc) is 3.46. The summed E-state index contributed by atoms with van der Waals surface area (Å²) >= 11 is 8.18. The average molecular weight is 539 g/mol. The van der Waals surface area contributed by atoms with Crippen LogP contribution in [0.1, 0.15) is 44.1 Å². The number of aromatic nitrogens is 6. The first kappa shape index (κ1) is 24.6. The Morgan fingerprint density at radius 3 is 2.73 bits per heavy atom. The predicted octanol–water partition coefficient (Wildman–Crippen LogP) is 3.77. The van der Waals surface area contributed by atoms with Gasteiger partial charge in [-0.15, -0.1) is 0 Å². The number of nitrogens with one attached hydrogen (secondary N) is 1. The molecule has 0 radical (unpaired) electrons. The number of hydrogen-bond acceptors (Lipinski definition) is 10. The number of halogens is 1. The number of fused-ring (bicyclic) bond motifs is 2. The van der Waals surface area contributed by atoms with E-state index in [2.05, 4.69) is 31.7 Å². The summed E-state index contributed by atoms with van der Waals surface area (Å²) in [4.78, 5) is 32.5. The standard InChI is InChI=1S/C25H31ClN10S/c1-2-16-20(26)19-23(31-16)33-25(34-24(19)36-9-6-14(27)12-36)37-15-10-17-21(29-11-15)22(28)32-18(30-17)13-35-7-4-3-5-8-35/h10-11,14H,2-9,12-13,27H2,1H3,(H2,28,30,32)(H,31,33,34)/t14-/m0/s1. The zero-order valence-corrected chi connectivity index (χ0v) is 22.4. The monoisotopic (exact) mass is 538 g/mol. The zero-order valence-electron chi connectivity index (χ0n) is 20.9. The fourth-order valence-corrected chi connectivity index (χ4v) is 6.30. The molecule has 4 aromatic rings. The molecule has 5 N–H and O–H groups in total. The molecule has 2 fully saturated rings. The molecule has 194 valence electrons. The van der Waals surface area contributed by atoms with E-state index in [1.54, 1.807) is 6.20 Å². The fourth-order valence-electron chi connectivity index (χ4n) is 5.19. The van der Waals surface area contributed by atoms with Crippen LogP contribution in [0.25, 0.3) is 22.1 Å². The van der Waals surface area contributed by atoms with E-state index in [4.69, 9.17) is 38.0 Å². The van der Waals surface area contributed by atoms with Crippen LogP contribution >= 0.6 is 23.4 Å². The lowest BCUT2D eigenvalue weighted by Crippen LogP contribution is -2.30. The molecule has 0 aromatic carbocycles. The van der Waals surface area contributed by atoms with Crippen LogP contribution in [-0.4, -0.2) is 67.0 Å². The van der Waals surface area contributed by atoms with Gasteiger partial charge in [-0.3, -0.25) is 4.90 Å². The lowest BCUT2D eigenvalue weighted by Gasteiger charge is -2.25. The summed E-state index contributed by atoms with van der Waals surface area (Å²) in [5, 5.41) is 2.15. The van der Waals surface area contributed by atoms with Crippen molar-refractivity contribution in [2.45, 2.75) is 61.7 Å². The van der Waals surface area contributed by atoms with E-state index in [0.717, 1.165) is 77.8 Å². The van der Waals surface area contributed by atoms with E-state index in [9.17, 15) is 0 Å². The molecule has 0 spiro atoms. The molecule has 0 bridgehead atoms. The molecule has 2 aliphatic heterocycles. The second-order valence-electron chi connectivity index (χ2n) is 9.82. The van der Waals surface area contributed by atoms with Crippen molar-refractivity contribution in [1.82, 2.24) is 34.8 Å². The van der Waals surface area contributed by atoms with Crippen LogP contribution < -0.4 is 16.4 Å². The molecule has 1 atom stereocenters. The van der Waals surface area contributed by atoms with Crippen molar-refractivity contribution in [2.24, 2.45) is 5.73 Å². The van der Waals surface area contributed by atoms with Crippen molar-refractivity contribution in [3.63, 3.8) is 0 Å². The van der Waals surface area contributed by atoms with Crippen molar-refractivity contribution in [2.75, 3.05) is 36.8 Å². The largest absolute Gasteiger partial charge is 0.382 e. The van der Waals surface area contributed by atoms with Crippen LogP contribution in [0.5, 0.6) is 0 Å². The Balaban J connectivity index is 1.34. The minimum atomic E-state index is 0.124. The molecular formula is C25H31ClN10S. The van der Waals surface area contributed by atoms with Gasteiger partial charge in [-0.05, 0) is 56.6 Å². The highest BCUT2D eigenvalue weighted by atomic mass is 35.5. The molecule has 6 rings (SSSR count). The van der Waals surface area contributed by atoms with Crippen LogP contribution in [0.4, 0.5) is 11.6 Å². The lowest BCUT2D eigenvalue weighted by atomic mass is 10.1. The summed E-state index contributed by atoms with van der Waals surface area (Å²) in [5.74, 6) is 1.96. The number of likely N-dealkylation sites (tertiary alicyclic amines) is 1. The molecule has 4 aromatic heterocycles. The quantitative estimate of drug-likeness (QED) is 0.311. The van der Waals surface area contributed by atoms with Gasteiger partial charge in [-0.2, -0.15) is 0 Å². The maximum Gasteiger partial charge on any atom is 0.196 e. The van der Waals surface area contributed by atoms with Crippen molar-refractivity contribution in [3.05, 3.63) is 28.8 Å². The smallest absolute Gasteiger partial charge is 0.196 e. The number of aryl methyl sites for hydroxylation is 1. The van der Waals surface area contributed by atoms with Crippen LogP contribution in [0.3, 0.4) is 0 Å². The second kappa shape index (κ2) is 10.2. The molecule has 2 saturated heterocycles. The highest BCUT2D eigenvalue weighted by Crippen LogP contribution is 2.37. The van der Waals surface area contributed by atoms with E-state index in [1.807, 2.05) is 6.07 Å². The number of nitrogen functional groups attached to an aromatic ring is 1. The third-order valence-corrected chi connectivity index (χ3v) is 8.35. The number of piperidine rings is 1.